The first kappa shape index (κ1) is 18.9. The van der Waals surface area contributed by atoms with Crippen molar-refractivity contribution < 1.29 is 18.5 Å². The zero-order valence-corrected chi connectivity index (χ0v) is 16.8. The number of hydrogen-bond donors (Lipinski definition) is 0. The topological polar surface area (TPSA) is 38.8 Å². The van der Waals surface area contributed by atoms with Gasteiger partial charge in [0.2, 0.25) is 0 Å². The molecule has 2 saturated heterocycles. The Morgan fingerprint density at radius 1 is 1.07 bits per heavy atom. The number of carbonyl (C=O) groups excluding carboxylic acids is 1. The monoisotopic (exact) mass is 373 g/mol. The van der Waals surface area contributed by atoms with E-state index in [0.717, 1.165) is 50.8 Å². The van der Waals surface area contributed by atoms with Crippen molar-refractivity contribution in [2.24, 2.45) is 0 Å². The normalized spacial score (nSPS) is 24.3. The van der Waals surface area contributed by atoms with Crippen molar-refractivity contribution in [1.29, 1.82) is 0 Å². The van der Waals surface area contributed by atoms with Crippen LogP contribution in [0.1, 0.15) is 81.6 Å². The van der Waals surface area contributed by atoms with Crippen molar-refractivity contribution in [3.8, 4) is 0 Å². The Kier molecular flexibility index (Phi) is 4.63. The van der Waals surface area contributed by atoms with Crippen molar-refractivity contribution in [2.45, 2.75) is 76.9 Å². The van der Waals surface area contributed by atoms with Crippen molar-refractivity contribution in [1.82, 2.24) is 4.90 Å². The molecular weight excluding hydrogens is 344 g/mol. The minimum absolute atomic E-state index is 0.0315. The third-order valence-electron chi connectivity index (χ3n) is 6.57. The Bertz CT molecular complexity index is 738. The highest BCUT2D eigenvalue weighted by molar-refractivity contribution is 6.62. The van der Waals surface area contributed by atoms with Crippen LogP contribution in [0.5, 0.6) is 0 Å². The number of halogens is 1. The van der Waals surface area contributed by atoms with Gasteiger partial charge in [-0.05, 0) is 77.3 Å². The van der Waals surface area contributed by atoms with E-state index in [1.54, 1.807) is 0 Å². The highest BCUT2D eigenvalue weighted by atomic mass is 19.1. The largest absolute Gasteiger partial charge is 0.497 e. The van der Waals surface area contributed by atoms with Gasteiger partial charge in [0.05, 0.1) is 11.2 Å². The van der Waals surface area contributed by atoms with Crippen LogP contribution in [-0.2, 0) is 9.31 Å². The molecule has 1 amide bonds. The molecule has 2 heterocycles. The first-order chi connectivity index (χ1) is 12.7. The van der Waals surface area contributed by atoms with Crippen molar-refractivity contribution in [3.63, 3.8) is 0 Å². The highest BCUT2D eigenvalue weighted by Gasteiger charge is 2.52. The number of likely N-dealkylation sites (tertiary alicyclic amines) is 1. The molecule has 0 spiro atoms. The van der Waals surface area contributed by atoms with Gasteiger partial charge in [-0.2, -0.15) is 0 Å². The van der Waals surface area contributed by atoms with Crippen LogP contribution < -0.4 is 5.46 Å². The molecule has 1 aromatic rings. The molecule has 3 aliphatic rings. The molecule has 0 aromatic heterocycles. The Labute approximate surface area is 161 Å². The zero-order chi connectivity index (χ0) is 19.4. The van der Waals surface area contributed by atoms with E-state index in [2.05, 4.69) is 0 Å². The maximum atomic E-state index is 15.1. The van der Waals surface area contributed by atoms with Crippen LogP contribution in [0, 0.1) is 5.82 Å². The Morgan fingerprint density at radius 3 is 2.22 bits per heavy atom. The van der Waals surface area contributed by atoms with Crippen LogP contribution >= 0.6 is 0 Å². The molecule has 4 nitrogen and oxygen atoms in total. The van der Waals surface area contributed by atoms with Gasteiger partial charge in [0.1, 0.15) is 5.82 Å². The predicted molar refractivity (Wildman–Crippen MR) is 104 cm³/mol. The molecule has 1 aliphatic carbocycles. The smallest absolute Gasteiger partial charge is 0.399 e. The second-order valence-corrected chi connectivity index (χ2v) is 9.18. The number of carbonyl (C=O) groups is 1. The summed E-state index contributed by atoms with van der Waals surface area (Å²) in [5, 5.41) is 0. The zero-order valence-electron chi connectivity index (χ0n) is 16.8. The molecular formula is C21H29BFNO3. The van der Waals surface area contributed by atoms with E-state index < -0.39 is 24.1 Å². The fraction of sp³-hybridized carbons (Fsp3) is 0.667. The van der Waals surface area contributed by atoms with Gasteiger partial charge in [-0.3, -0.25) is 4.79 Å². The maximum absolute atomic E-state index is 15.1. The molecule has 0 unspecified atom stereocenters. The van der Waals surface area contributed by atoms with Gasteiger partial charge in [0, 0.05) is 24.1 Å². The van der Waals surface area contributed by atoms with Crippen molar-refractivity contribution in [2.75, 3.05) is 13.1 Å². The van der Waals surface area contributed by atoms with Crippen LogP contribution in [0.25, 0.3) is 0 Å². The summed E-state index contributed by atoms with van der Waals surface area (Å²) in [5.74, 6) is -0.107. The van der Waals surface area contributed by atoms with E-state index >= 15 is 4.39 Å². The summed E-state index contributed by atoms with van der Waals surface area (Å²) in [5.41, 5.74) is 0.845. The second kappa shape index (κ2) is 6.59. The van der Waals surface area contributed by atoms with E-state index in [0.29, 0.717) is 16.9 Å². The molecule has 146 valence electrons. The minimum atomic E-state index is -0.744. The molecule has 0 N–H and O–H groups in total. The summed E-state index contributed by atoms with van der Waals surface area (Å²) in [6.45, 7) is 9.37. The summed E-state index contributed by atoms with van der Waals surface area (Å²) in [7, 11) is -0.744. The Balaban J connectivity index is 1.68. The van der Waals surface area contributed by atoms with Gasteiger partial charge in [0.15, 0.2) is 0 Å². The number of benzene rings is 1. The molecule has 0 bridgehead atoms. The van der Waals surface area contributed by atoms with E-state index in [4.69, 9.17) is 9.31 Å². The first-order valence-corrected chi connectivity index (χ1v) is 10.2. The summed E-state index contributed by atoms with van der Waals surface area (Å²) in [4.78, 5) is 14.9. The van der Waals surface area contributed by atoms with E-state index in [1.165, 1.54) is 6.07 Å². The van der Waals surface area contributed by atoms with Crippen LogP contribution in [0.3, 0.4) is 0 Å². The average molecular weight is 373 g/mol. The number of amides is 1. The van der Waals surface area contributed by atoms with Gasteiger partial charge in [-0.15, -0.1) is 0 Å². The van der Waals surface area contributed by atoms with Gasteiger partial charge in [0.25, 0.3) is 5.91 Å². The quantitative estimate of drug-likeness (QED) is 0.760. The Morgan fingerprint density at radius 2 is 1.67 bits per heavy atom. The van der Waals surface area contributed by atoms with Gasteiger partial charge in [-0.25, -0.2) is 4.39 Å². The molecule has 2 aliphatic heterocycles. The summed E-state index contributed by atoms with van der Waals surface area (Å²) < 4.78 is 27.2. The third kappa shape index (κ3) is 3.42. The van der Waals surface area contributed by atoms with Crippen molar-refractivity contribution in [3.05, 3.63) is 29.1 Å². The lowest BCUT2D eigenvalue weighted by Gasteiger charge is -2.32. The van der Waals surface area contributed by atoms with E-state index in [9.17, 15) is 4.79 Å². The third-order valence-corrected chi connectivity index (χ3v) is 6.57. The van der Waals surface area contributed by atoms with Gasteiger partial charge < -0.3 is 14.2 Å². The lowest BCUT2D eigenvalue weighted by molar-refractivity contribution is 0.00578. The number of hydrogen-bond acceptors (Lipinski definition) is 3. The SMILES string of the molecule is CC1(C)OB(c2cc(C3CC3)c(C(=O)N3CCCCC3)cc2F)OC1(C)C. The van der Waals surface area contributed by atoms with Crippen LogP contribution in [0.2, 0.25) is 0 Å². The summed E-state index contributed by atoms with van der Waals surface area (Å²) in [6, 6.07) is 3.25. The molecule has 27 heavy (non-hydrogen) atoms. The number of rotatable bonds is 3. The lowest BCUT2D eigenvalue weighted by Crippen LogP contribution is -2.41. The first-order valence-electron chi connectivity index (χ1n) is 10.2. The predicted octanol–water partition coefficient (Wildman–Crippen LogP) is 3.63. The molecule has 6 heteroatoms. The van der Waals surface area contributed by atoms with Crippen LogP contribution in [0.15, 0.2) is 12.1 Å². The number of piperidine rings is 1. The number of nitrogens with zero attached hydrogens (tertiary/aromatic N) is 1. The van der Waals surface area contributed by atoms with Crippen LogP contribution in [0.4, 0.5) is 4.39 Å². The fourth-order valence-electron chi connectivity index (χ4n) is 3.94. The second-order valence-electron chi connectivity index (χ2n) is 9.18. The van der Waals surface area contributed by atoms with Crippen LogP contribution in [-0.4, -0.2) is 42.2 Å². The van der Waals surface area contributed by atoms with E-state index in [1.807, 2.05) is 38.7 Å². The lowest BCUT2D eigenvalue weighted by atomic mass is 9.76. The molecule has 1 saturated carbocycles. The molecule has 1 aromatic carbocycles. The molecule has 0 atom stereocenters. The highest BCUT2D eigenvalue weighted by Crippen LogP contribution is 2.43. The fourth-order valence-corrected chi connectivity index (χ4v) is 3.94. The molecule has 0 radical (unpaired) electrons. The summed E-state index contributed by atoms with van der Waals surface area (Å²) >= 11 is 0. The van der Waals surface area contributed by atoms with Crippen molar-refractivity contribution >= 4 is 18.5 Å². The maximum Gasteiger partial charge on any atom is 0.497 e. The standard InChI is InChI=1S/C21H29BFNO3/c1-20(2)21(3,4)27-22(26-20)17-12-15(14-8-9-14)16(13-18(17)23)19(25)24-10-6-5-7-11-24/h12-14H,5-11H2,1-4H3. The van der Waals surface area contributed by atoms with Gasteiger partial charge in [-0.1, -0.05) is 6.07 Å². The average Bonchev–Trinajstić information content (AvgIpc) is 3.42. The molecule has 3 fully saturated rings. The Hall–Kier alpha value is -1.40. The van der Waals surface area contributed by atoms with Gasteiger partial charge >= 0.3 is 7.12 Å². The summed E-state index contributed by atoms with van der Waals surface area (Å²) in [6.07, 6.45) is 5.32. The minimum Gasteiger partial charge on any atom is -0.399 e. The molecule has 4 rings (SSSR count). The van der Waals surface area contributed by atoms with E-state index in [-0.39, 0.29) is 5.91 Å².